The van der Waals surface area contributed by atoms with Gasteiger partial charge in [-0.25, -0.2) is 4.98 Å². The third-order valence-corrected chi connectivity index (χ3v) is 5.31. The maximum atomic E-state index is 12.8. The Morgan fingerprint density at radius 2 is 2.04 bits per heavy atom. The van der Waals surface area contributed by atoms with Crippen molar-refractivity contribution in [1.82, 2.24) is 15.0 Å². The molecule has 0 radical (unpaired) electrons. The predicted molar refractivity (Wildman–Crippen MR) is 96.8 cm³/mol. The minimum atomic E-state index is -0.390. The summed E-state index contributed by atoms with van der Waals surface area (Å²) < 4.78 is 0. The molecule has 1 atom stereocenters. The number of rotatable bonds is 3. The van der Waals surface area contributed by atoms with Crippen molar-refractivity contribution < 1.29 is 4.79 Å². The number of nitrogens with zero attached hydrogens (tertiary/aromatic N) is 2. The topological polar surface area (TPSA) is 87.7 Å². The molecule has 1 aliphatic heterocycles. The van der Waals surface area contributed by atoms with E-state index in [2.05, 4.69) is 20.3 Å². The Bertz CT molecular complexity index is 920. The average Bonchev–Trinajstić information content (AvgIpc) is 2.61. The van der Waals surface area contributed by atoms with Crippen molar-refractivity contribution in [3.05, 3.63) is 57.3 Å². The Labute approximate surface area is 149 Å². The first-order valence-corrected chi connectivity index (χ1v) is 9.37. The number of thioether (sulfide) groups is 1. The zero-order valence-corrected chi connectivity index (χ0v) is 14.7. The van der Waals surface area contributed by atoms with Crippen LogP contribution >= 0.6 is 11.8 Å². The van der Waals surface area contributed by atoms with E-state index in [0.29, 0.717) is 28.5 Å². The van der Waals surface area contributed by atoms with Crippen LogP contribution < -0.4 is 10.9 Å². The Morgan fingerprint density at radius 1 is 1.24 bits per heavy atom. The molecule has 0 amide bonds. The standard InChI is InChI=1S/C18H18N4O2S/c1-2-25-18-21-16-15(17(24)22-18)13(10-6-8-19-9-7-10)14-11(20-16)4-3-5-12(14)23/h6-9,13H,2-5H2,1H3,(H2,20,21,22,24). The lowest BCUT2D eigenvalue weighted by molar-refractivity contribution is -0.116. The summed E-state index contributed by atoms with van der Waals surface area (Å²) in [6.07, 6.45) is 5.52. The van der Waals surface area contributed by atoms with E-state index in [1.807, 2.05) is 19.1 Å². The Hall–Kier alpha value is -2.41. The highest BCUT2D eigenvalue weighted by molar-refractivity contribution is 7.99. The molecular weight excluding hydrogens is 336 g/mol. The maximum Gasteiger partial charge on any atom is 0.257 e. The molecule has 2 aliphatic rings. The van der Waals surface area contributed by atoms with Crippen LogP contribution in [0.25, 0.3) is 0 Å². The average molecular weight is 354 g/mol. The molecule has 0 saturated heterocycles. The van der Waals surface area contributed by atoms with Gasteiger partial charge in [-0.1, -0.05) is 18.7 Å². The van der Waals surface area contributed by atoms with Gasteiger partial charge in [0.15, 0.2) is 10.9 Å². The monoisotopic (exact) mass is 354 g/mol. The van der Waals surface area contributed by atoms with Crippen molar-refractivity contribution in [3.8, 4) is 0 Å². The van der Waals surface area contributed by atoms with Crippen molar-refractivity contribution >= 4 is 23.4 Å². The summed E-state index contributed by atoms with van der Waals surface area (Å²) >= 11 is 1.49. The molecule has 6 nitrogen and oxygen atoms in total. The summed E-state index contributed by atoms with van der Waals surface area (Å²) in [5, 5.41) is 3.86. The number of Topliss-reactive ketones (excluding diaryl/α,β-unsaturated/α-hetero) is 1. The number of H-pyrrole nitrogens is 1. The van der Waals surface area contributed by atoms with Crippen LogP contribution in [0.1, 0.15) is 43.2 Å². The minimum absolute atomic E-state index is 0.104. The van der Waals surface area contributed by atoms with E-state index in [-0.39, 0.29) is 17.3 Å². The number of hydrogen-bond acceptors (Lipinski definition) is 6. The van der Waals surface area contributed by atoms with Crippen molar-refractivity contribution in [1.29, 1.82) is 0 Å². The molecule has 0 fully saturated rings. The highest BCUT2D eigenvalue weighted by Crippen LogP contribution is 2.43. The number of fused-ring (bicyclic) bond motifs is 1. The van der Waals surface area contributed by atoms with Crippen LogP contribution in [0.4, 0.5) is 5.82 Å². The zero-order chi connectivity index (χ0) is 17.4. The SMILES string of the molecule is CCSc1nc2c(c(=O)[nH]1)C(c1ccncc1)C1=C(CCCC1=O)N2. The molecule has 0 spiro atoms. The molecule has 0 aromatic carbocycles. The molecule has 1 unspecified atom stereocenters. The van der Waals surface area contributed by atoms with Crippen LogP contribution in [0, 0.1) is 0 Å². The number of aromatic amines is 1. The van der Waals surface area contributed by atoms with E-state index in [1.54, 1.807) is 12.4 Å². The molecule has 1 aliphatic carbocycles. The number of pyridine rings is 1. The maximum absolute atomic E-state index is 12.8. The summed E-state index contributed by atoms with van der Waals surface area (Å²) in [5.74, 6) is 1.10. The minimum Gasteiger partial charge on any atom is -0.343 e. The highest BCUT2D eigenvalue weighted by atomic mass is 32.2. The summed E-state index contributed by atoms with van der Waals surface area (Å²) in [6.45, 7) is 2.01. The normalized spacial score (nSPS) is 19.2. The van der Waals surface area contributed by atoms with Crippen molar-refractivity contribution in [2.45, 2.75) is 37.3 Å². The van der Waals surface area contributed by atoms with Gasteiger partial charge in [0.2, 0.25) is 0 Å². The first-order chi connectivity index (χ1) is 12.2. The summed E-state index contributed by atoms with van der Waals surface area (Å²) in [7, 11) is 0. The first-order valence-electron chi connectivity index (χ1n) is 8.39. The number of hydrogen-bond donors (Lipinski definition) is 2. The summed E-state index contributed by atoms with van der Waals surface area (Å²) in [4.78, 5) is 37.0. The number of anilines is 1. The van der Waals surface area contributed by atoms with E-state index < -0.39 is 0 Å². The van der Waals surface area contributed by atoms with Gasteiger partial charge in [-0.3, -0.25) is 14.6 Å². The van der Waals surface area contributed by atoms with Gasteiger partial charge in [0.1, 0.15) is 5.82 Å². The van der Waals surface area contributed by atoms with Crippen molar-refractivity contribution in [2.75, 3.05) is 11.1 Å². The van der Waals surface area contributed by atoms with E-state index in [9.17, 15) is 9.59 Å². The third-order valence-electron chi connectivity index (χ3n) is 4.56. The molecule has 0 bridgehead atoms. The molecule has 3 heterocycles. The molecule has 7 heteroatoms. The van der Waals surface area contributed by atoms with Gasteiger partial charge < -0.3 is 10.3 Å². The number of ketones is 1. The second-order valence-corrected chi connectivity index (χ2v) is 7.33. The second-order valence-electron chi connectivity index (χ2n) is 6.07. The number of nitrogens with one attached hydrogen (secondary N) is 2. The Balaban J connectivity index is 1.95. The van der Waals surface area contributed by atoms with E-state index in [4.69, 9.17) is 0 Å². The van der Waals surface area contributed by atoms with Gasteiger partial charge in [0.25, 0.3) is 5.56 Å². The second kappa shape index (κ2) is 6.48. The lowest BCUT2D eigenvalue weighted by Crippen LogP contribution is -2.32. The quantitative estimate of drug-likeness (QED) is 0.651. The highest BCUT2D eigenvalue weighted by Gasteiger charge is 2.37. The molecule has 2 aromatic rings. The molecule has 2 N–H and O–H groups in total. The first kappa shape index (κ1) is 16.1. The lowest BCUT2D eigenvalue weighted by Gasteiger charge is -2.32. The molecular formula is C18H18N4O2S. The van der Waals surface area contributed by atoms with Crippen LogP contribution in [-0.2, 0) is 4.79 Å². The van der Waals surface area contributed by atoms with Gasteiger partial charge in [0.05, 0.1) is 5.56 Å². The molecule has 4 rings (SSSR count). The van der Waals surface area contributed by atoms with E-state index >= 15 is 0 Å². The van der Waals surface area contributed by atoms with Crippen LogP contribution in [0.5, 0.6) is 0 Å². The fourth-order valence-electron chi connectivity index (χ4n) is 3.53. The van der Waals surface area contributed by atoms with Gasteiger partial charge >= 0.3 is 0 Å². The van der Waals surface area contributed by atoms with Crippen molar-refractivity contribution in [2.24, 2.45) is 0 Å². The van der Waals surface area contributed by atoms with Gasteiger partial charge in [-0.05, 0) is 36.3 Å². The van der Waals surface area contributed by atoms with Gasteiger partial charge in [0, 0.05) is 36.0 Å². The predicted octanol–water partition coefficient (Wildman–Crippen LogP) is 2.84. The number of carbonyl (C=O) groups excluding carboxylic acids is 1. The Morgan fingerprint density at radius 3 is 2.80 bits per heavy atom. The zero-order valence-electron chi connectivity index (χ0n) is 13.8. The number of aromatic nitrogens is 3. The summed E-state index contributed by atoms with van der Waals surface area (Å²) in [5.41, 5.74) is 2.81. The van der Waals surface area contributed by atoms with Crippen LogP contribution in [0.2, 0.25) is 0 Å². The number of carbonyl (C=O) groups is 1. The largest absolute Gasteiger partial charge is 0.343 e. The number of allylic oxidation sites excluding steroid dienone is 2. The van der Waals surface area contributed by atoms with Crippen LogP contribution in [0.3, 0.4) is 0 Å². The molecule has 128 valence electrons. The van der Waals surface area contributed by atoms with Gasteiger partial charge in [-0.15, -0.1) is 0 Å². The third kappa shape index (κ3) is 2.78. The fourth-order valence-corrected chi connectivity index (χ4v) is 4.13. The van der Waals surface area contributed by atoms with Crippen molar-refractivity contribution in [3.63, 3.8) is 0 Å². The molecule has 0 saturated carbocycles. The smallest absolute Gasteiger partial charge is 0.257 e. The van der Waals surface area contributed by atoms with Crippen LogP contribution in [-0.4, -0.2) is 26.5 Å². The van der Waals surface area contributed by atoms with Crippen LogP contribution in [0.15, 0.2) is 45.7 Å². The Kier molecular flexibility index (Phi) is 4.17. The summed E-state index contributed by atoms with van der Waals surface area (Å²) in [6, 6.07) is 3.72. The lowest BCUT2D eigenvalue weighted by atomic mass is 9.77. The molecule has 25 heavy (non-hydrogen) atoms. The van der Waals surface area contributed by atoms with E-state index in [1.165, 1.54) is 11.8 Å². The molecule has 2 aromatic heterocycles. The fraction of sp³-hybridized carbons (Fsp3) is 0.333. The van der Waals surface area contributed by atoms with E-state index in [0.717, 1.165) is 29.9 Å². The van der Waals surface area contributed by atoms with Gasteiger partial charge in [-0.2, -0.15) is 0 Å².